The fourth-order valence-corrected chi connectivity index (χ4v) is 3.03. The molecule has 1 fully saturated rings. The number of aliphatic carboxylic acids is 1. The zero-order chi connectivity index (χ0) is 19.6. The highest BCUT2D eigenvalue weighted by Crippen LogP contribution is 2.35. The second-order valence-electron chi connectivity index (χ2n) is 6.01. The number of carbonyl (C=O) groups is 3. The number of carbonyl (C=O) groups excluding carboxylic acids is 2. The Bertz CT molecular complexity index is 768. The van der Waals surface area contributed by atoms with Gasteiger partial charge in [-0.3, -0.25) is 24.5 Å². The molecule has 1 atom stereocenters. The van der Waals surface area contributed by atoms with Gasteiger partial charge in [0.1, 0.15) is 0 Å². The van der Waals surface area contributed by atoms with Crippen molar-refractivity contribution in [3.63, 3.8) is 0 Å². The Morgan fingerprint density at radius 1 is 1.19 bits per heavy atom. The van der Waals surface area contributed by atoms with Crippen molar-refractivity contribution in [3.05, 3.63) is 39.4 Å². The summed E-state index contributed by atoms with van der Waals surface area (Å²) in [6.07, 6.45) is -2.68. The van der Waals surface area contributed by atoms with E-state index in [0.29, 0.717) is 37.8 Å². The van der Waals surface area contributed by atoms with E-state index in [0.717, 1.165) is 0 Å². The van der Waals surface area contributed by atoms with Crippen LogP contribution in [-0.4, -0.2) is 27.6 Å². The number of ketones is 2. The quantitative estimate of drug-likeness (QED) is 0.354. The van der Waals surface area contributed by atoms with Gasteiger partial charge in [-0.25, -0.2) is 0 Å². The van der Waals surface area contributed by atoms with Crippen LogP contribution < -0.4 is 0 Å². The molecule has 1 aliphatic carbocycles. The van der Waals surface area contributed by atoms with Crippen LogP contribution in [0.1, 0.15) is 41.6 Å². The largest absolute Gasteiger partial charge is 0.480 e. The summed E-state index contributed by atoms with van der Waals surface area (Å²) in [4.78, 5) is 46.1. The Morgan fingerprint density at radius 2 is 1.77 bits per heavy atom. The lowest BCUT2D eigenvalue weighted by Gasteiger charge is -2.15. The average Bonchev–Trinajstić information content (AvgIpc) is 3.07. The van der Waals surface area contributed by atoms with Gasteiger partial charge in [-0.15, -0.1) is 0 Å². The third-order valence-electron chi connectivity index (χ3n) is 4.34. The third-order valence-corrected chi connectivity index (χ3v) is 4.34. The highest BCUT2D eigenvalue weighted by Gasteiger charge is 2.42. The summed E-state index contributed by atoms with van der Waals surface area (Å²) in [5, 5.41) is 20.3. The predicted octanol–water partition coefficient (Wildman–Crippen LogP) is 3.26. The number of Topliss-reactive ketones (excluding diaryl/α,β-unsaturated/α-hetero) is 2. The molecule has 1 aromatic carbocycles. The van der Waals surface area contributed by atoms with Crippen LogP contribution in [0.25, 0.3) is 0 Å². The van der Waals surface area contributed by atoms with Gasteiger partial charge in [0.05, 0.1) is 16.1 Å². The highest BCUT2D eigenvalue weighted by molar-refractivity contribution is 6.23. The lowest BCUT2D eigenvalue weighted by atomic mass is 9.85. The van der Waals surface area contributed by atoms with Crippen molar-refractivity contribution in [3.8, 4) is 0 Å². The molecule has 1 unspecified atom stereocenters. The number of benzene rings is 1. The monoisotopic (exact) mass is 373 g/mol. The lowest BCUT2D eigenvalue weighted by Crippen LogP contribution is -2.35. The summed E-state index contributed by atoms with van der Waals surface area (Å²) >= 11 is 0. The molecule has 0 radical (unpaired) electrons. The van der Waals surface area contributed by atoms with E-state index in [1.54, 1.807) is 0 Å². The molecule has 1 N–H and O–H groups in total. The number of carboxylic acid groups (broad SMARTS) is 1. The summed E-state index contributed by atoms with van der Waals surface area (Å²) in [5.74, 6) is -6.84. The van der Waals surface area contributed by atoms with Crippen molar-refractivity contribution >= 4 is 23.2 Å². The maximum absolute atomic E-state index is 12.7. The Balaban J connectivity index is 2.46. The van der Waals surface area contributed by atoms with Crippen LogP contribution in [0.4, 0.5) is 18.9 Å². The fourth-order valence-electron chi connectivity index (χ4n) is 3.03. The topological polar surface area (TPSA) is 115 Å². The number of rotatable bonds is 6. The van der Waals surface area contributed by atoms with Crippen LogP contribution >= 0.6 is 0 Å². The van der Waals surface area contributed by atoms with Crippen LogP contribution in [0.3, 0.4) is 0 Å². The summed E-state index contributed by atoms with van der Waals surface area (Å²) in [7, 11) is 0. The van der Waals surface area contributed by atoms with E-state index in [1.807, 2.05) is 0 Å². The lowest BCUT2D eigenvalue weighted by molar-refractivity contribution is -0.385. The smallest absolute Gasteiger partial charge is 0.416 e. The molecule has 0 heterocycles. The summed E-state index contributed by atoms with van der Waals surface area (Å²) in [6.45, 7) is 0. The number of hydrogen-bond acceptors (Lipinski definition) is 5. The molecule has 0 aromatic heterocycles. The molecular weight excluding hydrogens is 359 g/mol. The molecule has 26 heavy (non-hydrogen) atoms. The number of halogens is 3. The molecule has 0 spiro atoms. The Hall–Kier alpha value is -2.78. The number of hydrogen-bond donors (Lipinski definition) is 1. The van der Waals surface area contributed by atoms with E-state index in [1.165, 1.54) is 0 Å². The van der Waals surface area contributed by atoms with Crippen molar-refractivity contribution in [1.82, 2.24) is 0 Å². The molecule has 1 aliphatic rings. The molecule has 1 aromatic rings. The molecule has 10 heteroatoms. The first-order valence-electron chi connectivity index (χ1n) is 7.70. The van der Waals surface area contributed by atoms with Gasteiger partial charge < -0.3 is 5.11 Å². The molecule has 140 valence electrons. The van der Waals surface area contributed by atoms with Crippen molar-refractivity contribution in [2.75, 3.05) is 0 Å². The van der Waals surface area contributed by atoms with Crippen LogP contribution in [-0.2, 0) is 15.8 Å². The third kappa shape index (κ3) is 3.89. The van der Waals surface area contributed by atoms with Crippen LogP contribution in [0, 0.1) is 22.0 Å². The number of nitrogens with zero attached hydrogens (tertiary/aromatic N) is 1. The molecule has 0 aliphatic heterocycles. The van der Waals surface area contributed by atoms with E-state index in [9.17, 15) is 42.8 Å². The summed E-state index contributed by atoms with van der Waals surface area (Å²) in [6, 6.07) is 1.15. The molecular formula is C16H14F3NO6. The van der Waals surface area contributed by atoms with E-state index in [2.05, 4.69) is 0 Å². The second-order valence-corrected chi connectivity index (χ2v) is 6.01. The first-order valence-corrected chi connectivity index (χ1v) is 7.70. The van der Waals surface area contributed by atoms with E-state index < -0.39 is 57.3 Å². The number of alkyl halides is 3. The fraction of sp³-hybridized carbons (Fsp3) is 0.438. The van der Waals surface area contributed by atoms with E-state index in [4.69, 9.17) is 0 Å². The van der Waals surface area contributed by atoms with Gasteiger partial charge in [0.2, 0.25) is 0 Å². The van der Waals surface area contributed by atoms with Crippen molar-refractivity contribution in [2.45, 2.75) is 31.9 Å². The normalized spacial score (nSPS) is 16.3. The van der Waals surface area contributed by atoms with Gasteiger partial charge in [-0.2, -0.15) is 13.2 Å². The first-order chi connectivity index (χ1) is 12.0. The number of nitro groups is 1. The number of nitro benzene ring substituents is 1. The van der Waals surface area contributed by atoms with Crippen molar-refractivity contribution in [2.24, 2.45) is 11.8 Å². The van der Waals surface area contributed by atoms with Crippen LogP contribution in [0.15, 0.2) is 18.2 Å². The van der Waals surface area contributed by atoms with Crippen molar-refractivity contribution in [1.29, 1.82) is 0 Å². The molecule has 0 amide bonds. The van der Waals surface area contributed by atoms with E-state index >= 15 is 0 Å². The predicted molar refractivity (Wildman–Crippen MR) is 80.5 cm³/mol. The Labute approximate surface area is 145 Å². The summed E-state index contributed by atoms with van der Waals surface area (Å²) in [5.41, 5.74) is -3.37. The standard InChI is InChI=1S/C16H14F3NO6/c17-16(18,19)9-5-6-10(11(7-9)20(25)26)14(22)12(15(23)24)13(21)8-3-1-2-4-8/h5-8,12H,1-4H2,(H,23,24). The van der Waals surface area contributed by atoms with Gasteiger partial charge in [0.25, 0.3) is 5.69 Å². The molecule has 0 saturated heterocycles. The maximum atomic E-state index is 12.7. The van der Waals surface area contributed by atoms with Crippen LogP contribution in [0.2, 0.25) is 0 Å². The number of carboxylic acids is 1. The minimum Gasteiger partial charge on any atom is -0.480 e. The SMILES string of the molecule is O=C(O)C(C(=O)c1ccc(C(F)(F)F)cc1[N+](=O)[O-])C(=O)C1CCCC1. The van der Waals surface area contributed by atoms with Gasteiger partial charge >= 0.3 is 12.1 Å². The van der Waals surface area contributed by atoms with Gasteiger partial charge in [0, 0.05) is 12.0 Å². The van der Waals surface area contributed by atoms with Gasteiger partial charge in [-0.1, -0.05) is 12.8 Å². The molecule has 7 nitrogen and oxygen atoms in total. The zero-order valence-electron chi connectivity index (χ0n) is 13.3. The first kappa shape index (κ1) is 19.5. The van der Waals surface area contributed by atoms with Crippen LogP contribution in [0.5, 0.6) is 0 Å². The summed E-state index contributed by atoms with van der Waals surface area (Å²) < 4.78 is 38.2. The highest BCUT2D eigenvalue weighted by atomic mass is 19.4. The minimum absolute atomic E-state index is 0.159. The molecule has 0 bridgehead atoms. The minimum atomic E-state index is -4.88. The maximum Gasteiger partial charge on any atom is 0.416 e. The molecule has 2 rings (SSSR count). The van der Waals surface area contributed by atoms with Crippen molar-refractivity contribution < 1.29 is 37.6 Å². The second kappa shape index (κ2) is 7.22. The Morgan fingerprint density at radius 3 is 2.23 bits per heavy atom. The average molecular weight is 373 g/mol. The van der Waals surface area contributed by atoms with Gasteiger partial charge in [0.15, 0.2) is 17.5 Å². The zero-order valence-corrected chi connectivity index (χ0v) is 13.3. The van der Waals surface area contributed by atoms with Gasteiger partial charge in [-0.05, 0) is 25.0 Å². The molecule has 1 saturated carbocycles. The Kier molecular flexibility index (Phi) is 5.43. The van der Waals surface area contributed by atoms with E-state index in [-0.39, 0.29) is 6.07 Å².